The van der Waals surface area contributed by atoms with E-state index in [0.29, 0.717) is 31.2 Å². The largest absolute Gasteiger partial charge is 0.369 e. The Bertz CT molecular complexity index is 1120. The smallest absolute Gasteiger partial charge is 0.263 e. The lowest BCUT2D eigenvalue weighted by Crippen LogP contribution is -2.49. The molecule has 1 amide bonds. The van der Waals surface area contributed by atoms with Gasteiger partial charge in [-0.2, -0.15) is 9.40 Å². The first kappa shape index (κ1) is 24.0. The minimum absolute atomic E-state index is 0.145. The summed E-state index contributed by atoms with van der Waals surface area (Å²) in [5.41, 5.74) is 2.26. The molecule has 2 aromatic rings. The van der Waals surface area contributed by atoms with Crippen LogP contribution < -0.4 is 4.90 Å². The van der Waals surface area contributed by atoms with Gasteiger partial charge in [-0.15, -0.1) is 0 Å². The highest BCUT2D eigenvalue weighted by Gasteiger charge is 2.36. The van der Waals surface area contributed by atoms with E-state index < -0.39 is 10.0 Å². The van der Waals surface area contributed by atoms with Crippen LogP contribution in [-0.2, 0) is 17.1 Å². The van der Waals surface area contributed by atoms with E-state index in [2.05, 4.69) is 10.00 Å². The normalized spacial score (nSPS) is 18.5. The molecule has 1 aliphatic heterocycles. The Kier molecular flexibility index (Phi) is 7.02. The molecule has 2 fully saturated rings. The number of sulfonamides is 1. The van der Waals surface area contributed by atoms with Crippen LogP contribution in [0, 0.1) is 6.92 Å². The molecule has 4 rings (SSSR count). The molecule has 1 aliphatic carbocycles. The first-order valence-electron chi connectivity index (χ1n) is 11.5. The van der Waals surface area contributed by atoms with Crippen molar-refractivity contribution < 1.29 is 13.2 Å². The summed E-state index contributed by atoms with van der Waals surface area (Å²) in [7, 11) is -0.483. The van der Waals surface area contributed by atoms with Gasteiger partial charge in [0.2, 0.25) is 5.03 Å². The molecule has 0 unspecified atom stereocenters. The molecule has 0 bridgehead atoms. The van der Waals surface area contributed by atoms with E-state index in [4.69, 9.17) is 11.6 Å². The summed E-state index contributed by atoms with van der Waals surface area (Å²) in [6, 6.07) is 5.88. The van der Waals surface area contributed by atoms with E-state index >= 15 is 0 Å². The average molecular weight is 494 g/mol. The van der Waals surface area contributed by atoms with Gasteiger partial charge in [-0.25, -0.2) is 8.42 Å². The number of carbonyl (C=O) groups excluding carboxylic acids is 1. The lowest BCUT2D eigenvalue weighted by Gasteiger charge is -2.36. The molecule has 2 heterocycles. The Morgan fingerprint density at radius 2 is 1.79 bits per heavy atom. The molecule has 0 N–H and O–H groups in total. The van der Waals surface area contributed by atoms with Gasteiger partial charge in [0, 0.05) is 63.2 Å². The molecule has 1 aromatic carbocycles. The summed E-state index contributed by atoms with van der Waals surface area (Å²) >= 11 is 6.17. The molecular formula is C23H32ClN5O3S. The van der Waals surface area contributed by atoms with Gasteiger partial charge in [0.25, 0.3) is 15.9 Å². The lowest BCUT2D eigenvalue weighted by molar-refractivity contribution is 0.0692. The van der Waals surface area contributed by atoms with Crippen molar-refractivity contribution >= 4 is 33.2 Å². The number of piperazine rings is 1. The molecule has 8 nitrogen and oxygen atoms in total. The fourth-order valence-corrected chi connectivity index (χ4v) is 6.55. The number of aryl methyl sites for hydroxylation is 2. The van der Waals surface area contributed by atoms with Gasteiger partial charge >= 0.3 is 0 Å². The first-order chi connectivity index (χ1) is 15.7. The number of benzene rings is 1. The number of anilines is 1. The summed E-state index contributed by atoms with van der Waals surface area (Å²) in [5, 5.41) is 4.73. The van der Waals surface area contributed by atoms with Crippen LogP contribution in [0.3, 0.4) is 0 Å². The quantitative estimate of drug-likeness (QED) is 0.638. The Morgan fingerprint density at radius 1 is 1.12 bits per heavy atom. The van der Waals surface area contributed by atoms with Crippen LogP contribution in [0.5, 0.6) is 0 Å². The fourth-order valence-electron chi connectivity index (χ4n) is 4.84. The molecule has 2 aliphatic rings. The molecule has 0 radical (unpaired) electrons. The third kappa shape index (κ3) is 4.90. The molecule has 1 saturated heterocycles. The maximum Gasteiger partial charge on any atom is 0.263 e. The summed E-state index contributed by atoms with van der Waals surface area (Å²) in [5.74, 6) is -0.276. The zero-order chi connectivity index (χ0) is 23.8. The van der Waals surface area contributed by atoms with Crippen molar-refractivity contribution in [2.24, 2.45) is 7.05 Å². The van der Waals surface area contributed by atoms with Crippen LogP contribution >= 0.6 is 11.6 Å². The van der Waals surface area contributed by atoms with E-state index in [9.17, 15) is 13.2 Å². The number of rotatable bonds is 5. The summed E-state index contributed by atoms with van der Waals surface area (Å²) in [6.45, 7) is 3.73. The van der Waals surface area contributed by atoms with Crippen LogP contribution in [0.4, 0.5) is 5.69 Å². The molecule has 1 aromatic heterocycles. The van der Waals surface area contributed by atoms with Crippen LogP contribution in [0.15, 0.2) is 29.4 Å². The standard InChI is InChI=1S/C23H32ClN5O3S/c1-17-9-10-18(24)15-21(17)28-11-13-29(14-12-28)33(31,32)22-20(16-26(2)25-22)23(30)27(3)19-7-5-4-6-8-19/h9-10,15-16,19H,4-8,11-14H2,1-3H3. The molecule has 1 saturated carbocycles. The highest BCUT2D eigenvalue weighted by molar-refractivity contribution is 7.89. The van der Waals surface area contributed by atoms with Crippen molar-refractivity contribution in [3.8, 4) is 0 Å². The Hall–Kier alpha value is -2.10. The van der Waals surface area contributed by atoms with Crippen LogP contribution in [0.1, 0.15) is 48.0 Å². The number of halogens is 1. The van der Waals surface area contributed by atoms with Gasteiger partial charge in [-0.3, -0.25) is 9.48 Å². The molecule has 10 heteroatoms. The molecule has 0 spiro atoms. The fraction of sp³-hybridized carbons (Fsp3) is 0.565. The zero-order valence-electron chi connectivity index (χ0n) is 19.5. The van der Waals surface area contributed by atoms with E-state index in [1.807, 2.05) is 25.1 Å². The molecule has 0 atom stereocenters. The topological polar surface area (TPSA) is 78.8 Å². The first-order valence-corrected chi connectivity index (χ1v) is 13.3. The number of hydrogen-bond acceptors (Lipinski definition) is 5. The zero-order valence-corrected chi connectivity index (χ0v) is 21.1. The van der Waals surface area contributed by atoms with Crippen LogP contribution in [0.2, 0.25) is 5.02 Å². The number of nitrogens with zero attached hydrogens (tertiary/aromatic N) is 5. The number of aromatic nitrogens is 2. The third-order valence-corrected chi connectivity index (χ3v) is 8.87. The van der Waals surface area contributed by atoms with Gasteiger partial charge in [-0.05, 0) is 37.5 Å². The summed E-state index contributed by atoms with van der Waals surface area (Å²) in [4.78, 5) is 17.1. The molecule has 180 valence electrons. The van der Waals surface area contributed by atoms with E-state index in [1.54, 1.807) is 19.0 Å². The van der Waals surface area contributed by atoms with Crippen LogP contribution in [-0.4, -0.2) is 72.6 Å². The Labute approximate surface area is 201 Å². The minimum atomic E-state index is -3.90. The van der Waals surface area contributed by atoms with Crippen molar-refractivity contribution in [3.63, 3.8) is 0 Å². The van der Waals surface area contributed by atoms with Crippen molar-refractivity contribution in [2.75, 3.05) is 38.1 Å². The second-order valence-electron chi connectivity index (χ2n) is 9.05. The highest BCUT2D eigenvalue weighted by Crippen LogP contribution is 2.28. The van der Waals surface area contributed by atoms with Gasteiger partial charge < -0.3 is 9.80 Å². The number of amides is 1. The van der Waals surface area contributed by atoms with E-state index in [1.165, 1.54) is 21.6 Å². The van der Waals surface area contributed by atoms with Crippen molar-refractivity contribution in [2.45, 2.75) is 50.1 Å². The molecule has 33 heavy (non-hydrogen) atoms. The van der Waals surface area contributed by atoms with Gasteiger partial charge in [0.05, 0.1) is 5.56 Å². The Balaban J connectivity index is 1.52. The van der Waals surface area contributed by atoms with Gasteiger partial charge in [0.1, 0.15) is 0 Å². The summed E-state index contributed by atoms with van der Waals surface area (Å²) < 4.78 is 29.9. The van der Waals surface area contributed by atoms with Crippen molar-refractivity contribution in [1.29, 1.82) is 0 Å². The second-order valence-corrected chi connectivity index (χ2v) is 11.3. The lowest BCUT2D eigenvalue weighted by atomic mass is 9.94. The van der Waals surface area contributed by atoms with Crippen molar-refractivity contribution in [3.05, 3.63) is 40.5 Å². The van der Waals surface area contributed by atoms with E-state index in [-0.39, 0.29) is 22.5 Å². The van der Waals surface area contributed by atoms with E-state index in [0.717, 1.165) is 36.9 Å². The predicted octanol–water partition coefficient (Wildman–Crippen LogP) is 3.30. The van der Waals surface area contributed by atoms with Gasteiger partial charge in [-0.1, -0.05) is 36.9 Å². The number of hydrogen-bond donors (Lipinski definition) is 0. The predicted molar refractivity (Wildman–Crippen MR) is 129 cm³/mol. The SMILES string of the molecule is Cc1ccc(Cl)cc1N1CCN(S(=O)(=O)c2nn(C)cc2C(=O)N(C)C2CCCCC2)CC1. The minimum Gasteiger partial charge on any atom is -0.369 e. The van der Waals surface area contributed by atoms with Crippen molar-refractivity contribution in [1.82, 2.24) is 19.0 Å². The molecular weight excluding hydrogens is 462 g/mol. The average Bonchev–Trinajstić information content (AvgIpc) is 3.23. The Morgan fingerprint density at radius 3 is 2.45 bits per heavy atom. The highest BCUT2D eigenvalue weighted by atomic mass is 35.5. The third-order valence-electron chi connectivity index (χ3n) is 6.80. The maximum atomic E-state index is 13.5. The number of carbonyl (C=O) groups is 1. The maximum absolute atomic E-state index is 13.5. The summed E-state index contributed by atoms with van der Waals surface area (Å²) in [6.07, 6.45) is 6.81. The monoisotopic (exact) mass is 493 g/mol. The second kappa shape index (κ2) is 9.64. The van der Waals surface area contributed by atoms with Gasteiger partial charge in [0.15, 0.2) is 0 Å². The van der Waals surface area contributed by atoms with Crippen LogP contribution in [0.25, 0.3) is 0 Å².